The second-order valence-electron chi connectivity index (χ2n) is 4.64. The first kappa shape index (κ1) is 14.0. The molecule has 0 aliphatic carbocycles. The molecule has 1 unspecified atom stereocenters. The molecule has 19 heavy (non-hydrogen) atoms. The first-order chi connectivity index (χ1) is 9.22. The lowest BCUT2D eigenvalue weighted by Gasteiger charge is -2.29. The van der Waals surface area contributed by atoms with Crippen LogP contribution in [0.15, 0.2) is 6.33 Å². The highest BCUT2D eigenvalue weighted by atomic mass is 16.5. The average Bonchev–Trinajstić information content (AvgIpc) is 2.42. The molecule has 6 nitrogen and oxygen atoms in total. The Morgan fingerprint density at radius 2 is 2.37 bits per heavy atom. The van der Waals surface area contributed by atoms with Crippen LogP contribution in [0.5, 0.6) is 5.88 Å². The van der Waals surface area contributed by atoms with Crippen molar-refractivity contribution in [2.75, 3.05) is 44.8 Å². The summed E-state index contributed by atoms with van der Waals surface area (Å²) >= 11 is 0. The number of anilines is 1. The average molecular weight is 266 g/mol. The van der Waals surface area contributed by atoms with Gasteiger partial charge in [-0.25, -0.2) is 9.97 Å². The molecule has 1 saturated heterocycles. The molecule has 106 valence electrons. The van der Waals surface area contributed by atoms with Crippen LogP contribution in [0.25, 0.3) is 0 Å². The summed E-state index contributed by atoms with van der Waals surface area (Å²) in [5.74, 6) is 1.55. The van der Waals surface area contributed by atoms with Gasteiger partial charge in [0.2, 0.25) is 5.88 Å². The number of rotatable bonds is 5. The Balaban J connectivity index is 2.05. The van der Waals surface area contributed by atoms with Gasteiger partial charge in [0.05, 0.1) is 24.9 Å². The quantitative estimate of drug-likeness (QED) is 0.842. The molecular weight excluding hydrogens is 244 g/mol. The Bertz CT molecular complexity index is 408. The summed E-state index contributed by atoms with van der Waals surface area (Å²) in [4.78, 5) is 10.6. The van der Waals surface area contributed by atoms with Gasteiger partial charge in [-0.15, -0.1) is 0 Å². The fraction of sp³-hybridized carbons (Fsp3) is 0.692. The third kappa shape index (κ3) is 3.54. The van der Waals surface area contributed by atoms with Crippen LogP contribution in [0.3, 0.4) is 0 Å². The molecule has 1 atom stereocenters. The molecule has 2 heterocycles. The molecule has 1 aromatic rings. The van der Waals surface area contributed by atoms with Crippen LogP contribution in [0, 0.1) is 6.92 Å². The van der Waals surface area contributed by atoms with Crippen LogP contribution >= 0.6 is 0 Å². The van der Waals surface area contributed by atoms with Crippen molar-refractivity contribution in [3.8, 4) is 5.88 Å². The molecule has 1 aromatic heterocycles. The molecule has 0 bridgehead atoms. The van der Waals surface area contributed by atoms with E-state index in [1.165, 1.54) is 0 Å². The molecule has 0 aromatic carbocycles. The molecule has 0 saturated carbocycles. The fourth-order valence-corrected chi connectivity index (χ4v) is 2.22. The number of hydrogen-bond donors (Lipinski definition) is 1. The van der Waals surface area contributed by atoms with E-state index in [1.54, 1.807) is 6.33 Å². The SMILES string of the molecule is CCOc1ncnc(N(C)CC2CNCCO2)c1C. The Kier molecular flexibility index (Phi) is 4.93. The first-order valence-corrected chi connectivity index (χ1v) is 6.70. The van der Waals surface area contributed by atoms with Gasteiger partial charge >= 0.3 is 0 Å². The minimum absolute atomic E-state index is 0.198. The van der Waals surface area contributed by atoms with Crippen LogP contribution in [0.1, 0.15) is 12.5 Å². The van der Waals surface area contributed by atoms with Crippen molar-refractivity contribution in [1.29, 1.82) is 0 Å². The van der Waals surface area contributed by atoms with Gasteiger partial charge in [-0.3, -0.25) is 0 Å². The molecule has 1 aliphatic heterocycles. The highest BCUT2D eigenvalue weighted by Gasteiger charge is 2.18. The fourth-order valence-electron chi connectivity index (χ4n) is 2.22. The minimum Gasteiger partial charge on any atom is -0.478 e. The molecule has 6 heteroatoms. The number of likely N-dealkylation sites (N-methyl/N-ethyl adjacent to an activating group) is 1. The van der Waals surface area contributed by atoms with Crippen LogP contribution in [-0.2, 0) is 4.74 Å². The number of ether oxygens (including phenoxy) is 2. The van der Waals surface area contributed by atoms with E-state index in [0.717, 1.165) is 37.6 Å². The maximum Gasteiger partial charge on any atom is 0.221 e. The number of aromatic nitrogens is 2. The second-order valence-corrected chi connectivity index (χ2v) is 4.64. The number of nitrogens with one attached hydrogen (secondary N) is 1. The Labute approximate surface area is 114 Å². The van der Waals surface area contributed by atoms with Crippen molar-refractivity contribution in [3.05, 3.63) is 11.9 Å². The van der Waals surface area contributed by atoms with E-state index in [9.17, 15) is 0 Å². The van der Waals surface area contributed by atoms with Crippen LogP contribution in [0.2, 0.25) is 0 Å². The zero-order valence-electron chi connectivity index (χ0n) is 11.8. The van der Waals surface area contributed by atoms with Gasteiger partial charge in [-0.05, 0) is 13.8 Å². The third-order valence-electron chi connectivity index (χ3n) is 3.14. The molecule has 1 N–H and O–H groups in total. The van der Waals surface area contributed by atoms with Crippen molar-refractivity contribution >= 4 is 5.82 Å². The molecule has 0 amide bonds. The summed E-state index contributed by atoms with van der Waals surface area (Å²) < 4.78 is 11.2. The number of morpholine rings is 1. The molecule has 0 spiro atoms. The Hall–Kier alpha value is -1.40. The third-order valence-corrected chi connectivity index (χ3v) is 3.14. The van der Waals surface area contributed by atoms with E-state index in [4.69, 9.17) is 9.47 Å². The molecule has 0 radical (unpaired) electrons. The molecular formula is C13H22N4O2. The van der Waals surface area contributed by atoms with Crippen molar-refractivity contribution in [2.45, 2.75) is 20.0 Å². The van der Waals surface area contributed by atoms with Gasteiger partial charge in [-0.1, -0.05) is 0 Å². The Morgan fingerprint density at radius 3 is 3.05 bits per heavy atom. The smallest absolute Gasteiger partial charge is 0.221 e. The van der Waals surface area contributed by atoms with E-state index in [1.807, 2.05) is 20.9 Å². The summed E-state index contributed by atoms with van der Waals surface area (Å²) in [7, 11) is 2.02. The zero-order chi connectivity index (χ0) is 13.7. The van der Waals surface area contributed by atoms with Crippen molar-refractivity contribution in [2.24, 2.45) is 0 Å². The highest BCUT2D eigenvalue weighted by Crippen LogP contribution is 2.23. The van der Waals surface area contributed by atoms with Crippen molar-refractivity contribution in [3.63, 3.8) is 0 Å². The minimum atomic E-state index is 0.198. The van der Waals surface area contributed by atoms with E-state index in [2.05, 4.69) is 20.2 Å². The van der Waals surface area contributed by atoms with Crippen molar-refractivity contribution in [1.82, 2.24) is 15.3 Å². The topological polar surface area (TPSA) is 59.5 Å². The Morgan fingerprint density at radius 1 is 1.53 bits per heavy atom. The number of hydrogen-bond acceptors (Lipinski definition) is 6. The maximum absolute atomic E-state index is 5.71. The maximum atomic E-state index is 5.71. The monoisotopic (exact) mass is 266 g/mol. The predicted octanol–water partition coefficient (Wildman–Crippen LogP) is 0.608. The van der Waals surface area contributed by atoms with Crippen molar-refractivity contribution < 1.29 is 9.47 Å². The van der Waals surface area contributed by atoms with Crippen LogP contribution in [-0.4, -0.2) is 56.0 Å². The van der Waals surface area contributed by atoms with Gasteiger partial charge in [0.15, 0.2) is 0 Å². The molecule has 1 fully saturated rings. The normalized spacial score (nSPS) is 19.2. The summed E-state index contributed by atoms with van der Waals surface area (Å²) in [5, 5.41) is 3.33. The van der Waals surface area contributed by atoms with E-state index < -0.39 is 0 Å². The summed E-state index contributed by atoms with van der Waals surface area (Å²) in [6.45, 7) is 7.93. The lowest BCUT2D eigenvalue weighted by Crippen LogP contribution is -2.44. The summed E-state index contributed by atoms with van der Waals surface area (Å²) in [6, 6.07) is 0. The van der Waals surface area contributed by atoms with E-state index in [0.29, 0.717) is 12.5 Å². The van der Waals surface area contributed by atoms with Gasteiger partial charge in [0.1, 0.15) is 12.1 Å². The lowest BCUT2D eigenvalue weighted by atomic mass is 10.2. The molecule has 2 rings (SSSR count). The lowest BCUT2D eigenvalue weighted by molar-refractivity contribution is 0.0339. The van der Waals surface area contributed by atoms with Gasteiger partial charge < -0.3 is 19.7 Å². The largest absolute Gasteiger partial charge is 0.478 e. The summed E-state index contributed by atoms with van der Waals surface area (Å²) in [6.07, 6.45) is 1.74. The van der Waals surface area contributed by atoms with Gasteiger partial charge in [0.25, 0.3) is 0 Å². The number of nitrogens with zero attached hydrogens (tertiary/aromatic N) is 3. The highest BCUT2D eigenvalue weighted by molar-refractivity contribution is 5.49. The van der Waals surface area contributed by atoms with Gasteiger partial charge in [-0.2, -0.15) is 0 Å². The van der Waals surface area contributed by atoms with E-state index in [-0.39, 0.29) is 6.10 Å². The standard InChI is InChI=1S/C13H22N4O2/c1-4-18-13-10(2)12(15-9-16-13)17(3)8-11-7-14-5-6-19-11/h9,11,14H,4-8H2,1-3H3. The first-order valence-electron chi connectivity index (χ1n) is 6.70. The zero-order valence-corrected chi connectivity index (χ0v) is 11.8. The van der Waals surface area contributed by atoms with Crippen LogP contribution < -0.4 is 15.0 Å². The van der Waals surface area contributed by atoms with E-state index >= 15 is 0 Å². The summed E-state index contributed by atoms with van der Waals surface area (Å²) in [5.41, 5.74) is 0.968. The predicted molar refractivity (Wildman–Crippen MR) is 73.8 cm³/mol. The molecule has 1 aliphatic rings. The van der Waals surface area contributed by atoms with Gasteiger partial charge in [0, 0.05) is 26.7 Å². The second kappa shape index (κ2) is 6.68. The van der Waals surface area contributed by atoms with Crippen LogP contribution in [0.4, 0.5) is 5.82 Å².